The van der Waals surface area contributed by atoms with Crippen molar-refractivity contribution < 1.29 is 13.2 Å². The van der Waals surface area contributed by atoms with E-state index in [0.717, 1.165) is 5.41 Å². The molecule has 0 N–H and O–H groups in total. The van der Waals surface area contributed by atoms with Crippen LogP contribution in [0.15, 0.2) is 12.0 Å². The zero-order chi connectivity index (χ0) is 10.5. The van der Waals surface area contributed by atoms with Crippen LogP contribution in [0.2, 0.25) is 0 Å². The smallest absolute Gasteiger partial charge is 0.171 e. The van der Waals surface area contributed by atoms with E-state index in [1.165, 1.54) is 0 Å². The van der Waals surface area contributed by atoms with E-state index < -0.39 is 9.84 Å². The number of rotatable bonds is 6. The minimum Gasteiger partial charge on any atom is -0.376 e. The van der Waals surface area contributed by atoms with Crippen molar-refractivity contribution in [1.29, 1.82) is 0 Å². The first-order chi connectivity index (χ1) is 5.83. The Morgan fingerprint density at radius 2 is 2.00 bits per heavy atom. The molecule has 0 saturated heterocycles. The molecule has 13 heavy (non-hydrogen) atoms. The monoisotopic (exact) mass is 206 g/mol. The van der Waals surface area contributed by atoms with Crippen molar-refractivity contribution >= 4 is 9.84 Å². The average molecular weight is 206 g/mol. The van der Waals surface area contributed by atoms with Crippen molar-refractivity contribution in [2.24, 2.45) is 0 Å². The van der Waals surface area contributed by atoms with Gasteiger partial charge in [-0.25, -0.2) is 8.42 Å². The van der Waals surface area contributed by atoms with Crippen molar-refractivity contribution in [3.8, 4) is 0 Å². The Labute approximate surface area is 80.7 Å². The molecule has 0 rings (SSSR count). The fraction of sp³-hybridized carbons (Fsp3) is 0.778. The molecule has 0 aliphatic carbocycles. The molecule has 0 radical (unpaired) electrons. The van der Waals surface area contributed by atoms with E-state index in [2.05, 4.69) is 6.58 Å². The molecule has 0 bridgehead atoms. The van der Waals surface area contributed by atoms with Crippen LogP contribution in [0.25, 0.3) is 0 Å². The molecule has 0 saturated carbocycles. The molecule has 3 nitrogen and oxygen atoms in total. The molecule has 0 heterocycles. The number of hydrogen-bond acceptors (Lipinski definition) is 3. The molecule has 4 heteroatoms. The van der Waals surface area contributed by atoms with Gasteiger partial charge in [0, 0.05) is 12.0 Å². The van der Waals surface area contributed by atoms with Crippen molar-refractivity contribution in [3.63, 3.8) is 0 Å². The minimum atomic E-state index is -3.09. The van der Waals surface area contributed by atoms with E-state index in [-0.39, 0.29) is 11.4 Å². The molecular formula is C9H18O3S. The minimum absolute atomic E-state index is 0.101. The molecular weight excluding hydrogens is 188 g/mol. The van der Waals surface area contributed by atoms with Crippen molar-refractivity contribution in [2.75, 3.05) is 12.4 Å². The Bertz CT molecular complexity index is 252. The lowest BCUT2D eigenvalue weighted by Gasteiger charge is -2.23. The summed E-state index contributed by atoms with van der Waals surface area (Å²) in [4.78, 5) is 0. The topological polar surface area (TPSA) is 43.4 Å². The Hall–Kier alpha value is -0.350. The largest absolute Gasteiger partial charge is 0.376 e. The third kappa shape index (κ3) is 5.82. The van der Waals surface area contributed by atoms with Crippen molar-refractivity contribution in [3.05, 3.63) is 12.0 Å². The maximum Gasteiger partial charge on any atom is 0.171 e. The molecule has 0 fully saturated rings. The standard InChI is InChI=1S/C9H18O3S/c1-5-12-9(3,4)7-8-13(10,11)6-2/h6H,2,5,7-8H2,1,3-4H3. The molecule has 0 spiro atoms. The summed E-state index contributed by atoms with van der Waals surface area (Å²) in [6.07, 6.45) is 0.495. The first-order valence-corrected chi connectivity index (χ1v) is 6.03. The maximum atomic E-state index is 11.1. The van der Waals surface area contributed by atoms with Crippen LogP contribution in [-0.2, 0) is 14.6 Å². The number of ether oxygens (including phenoxy) is 1. The molecule has 0 unspecified atom stereocenters. The van der Waals surface area contributed by atoms with E-state index in [1.807, 2.05) is 20.8 Å². The molecule has 0 aliphatic heterocycles. The molecule has 0 aromatic carbocycles. The molecule has 78 valence electrons. The lowest BCUT2D eigenvalue weighted by Crippen LogP contribution is -2.27. The van der Waals surface area contributed by atoms with Crippen LogP contribution in [0.4, 0.5) is 0 Å². The average Bonchev–Trinajstić information content (AvgIpc) is 2.02. The molecule has 0 aliphatic rings. The fourth-order valence-electron chi connectivity index (χ4n) is 0.934. The van der Waals surface area contributed by atoms with Gasteiger partial charge in [-0.1, -0.05) is 6.58 Å². The van der Waals surface area contributed by atoms with Gasteiger partial charge in [0.05, 0.1) is 11.4 Å². The summed E-state index contributed by atoms with van der Waals surface area (Å²) >= 11 is 0. The van der Waals surface area contributed by atoms with E-state index >= 15 is 0 Å². The van der Waals surface area contributed by atoms with Crippen LogP contribution in [0.5, 0.6) is 0 Å². The van der Waals surface area contributed by atoms with Gasteiger partial charge in [-0.3, -0.25) is 0 Å². The lowest BCUT2D eigenvalue weighted by molar-refractivity contribution is -0.0118. The van der Waals surface area contributed by atoms with Gasteiger partial charge in [-0.15, -0.1) is 0 Å². The van der Waals surface area contributed by atoms with Crippen LogP contribution in [0, 0.1) is 0 Å². The molecule has 0 atom stereocenters. The molecule has 0 aromatic rings. The quantitative estimate of drug-likeness (QED) is 0.665. The Kier molecular flexibility index (Phi) is 4.64. The van der Waals surface area contributed by atoms with Crippen molar-refractivity contribution in [2.45, 2.75) is 32.8 Å². The van der Waals surface area contributed by atoms with E-state index in [9.17, 15) is 8.42 Å². The van der Waals surface area contributed by atoms with Crippen LogP contribution in [0.1, 0.15) is 27.2 Å². The summed E-state index contributed by atoms with van der Waals surface area (Å²) in [7, 11) is -3.09. The van der Waals surface area contributed by atoms with Gasteiger partial charge in [0.2, 0.25) is 0 Å². The highest BCUT2D eigenvalue weighted by atomic mass is 32.2. The highest BCUT2D eigenvalue weighted by Gasteiger charge is 2.20. The SMILES string of the molecule is C=CS(=O)(=O)CCC(C)(C)OCC. The number of sulfone groups is 1. The second kappa shape index (κ2) is 4.77. The third-order valence-corrected chi connectivity index (χ3v) is 3.06. The van der Waals surface area contributed by atoms with Gasteiger partial charge in [0.15, 0.2) is 9.84 Å². The Morgan fingerprint density at radius 3 is 2.38 bits per heavy atom. The summed E-state index contributed by atoms with van der Waals surface area (Å²) < 4.78 is 27.5. The van der Waals surface area contributed by atoms with E-state index in [0.29, 0.717) is 13.0 Å². The lowest BCUT2D eigenvalue weighted by atomic mass is 10.1. The number of hydrogen-bond donors (Lipinski definition) is 0. The normalized spacial score (nSPS) is 12.8. The Balaban J connectivity index is 4.09. The highest BCUT2D eigenvalue weighted by Crippen LogP contribution is 2.15. The maximum absolute atomic E-state index is 11.1. The molecule has 0 aromatic heterocycles. The van der Waals surface area contributed by atoms with Gasteiger partial charge in [0.1, 0.15) is 0 Å². The van der Waals surface area contributed by atoms with Gasteiger partial charge in [0.25, 0.3) is 0 Å². The predicted octanol–water partition coefficient (Wildman–Crippen LogP) is 1.75. The van der Waals surface area contributed by atoms with E-state index in [1.54, 1.807) is 0 Å². The van der Waals surface area contributed by atoms with Crippen LogP contribution >= 0.6 is 0 Å². The van der Waals surface area contributed by atoms with E-state index in [4.69, 9.17) is 4.74 Å². The predicted molar refractivity (Wildman–Crippen MR) is 54.3 cm³/mol. The first-order valence-electron chi connectivity index (χ1n) is 4.32. The van der Waals surface area contributed by atoms with Gasteiger partial charge >= 0.3 is 0 Å². The van der Waals surface area contributed by atoms with Crippen molar-refractivity contribution in [1.82, 2.24) is 0 Å². The summed E-state index contributed by atoms with van der Waals surface area (Å²) in [6, 6.07) is 0. The van der Waals surface area contributed by atoms with Crippen LogP contribution in [-0.4, -0.2) is 26.4 Å². The second-order valence-electron chi connectivity index (χ2n) is 3.48. The zero-order valence-corrected chi connectivity index (χ0v) is 9.36. The van der Waals surface area contributed by atoms with Gasteiger partial charge in [-0.05, 0) is 27.2 Å². The highest BCUT2D eigenvalue weighted by molar-refractivity contribution is 7.94. The summed E-state index contributed by atoms with van der Waals surface area (Å²) in [5, 5.41) is 0.995. The summed E-state index contributed by atoms with van der Waals surface area (Å²) in [5.41, 5.74) is -0.370. The van der Waals surface area contributed by atoms with Gasteiger partial charge < -0.3 is 4.74 Å². The molecule has 0 amide bonds. The van der Waals surface area contributed by atoms with Crippen LogP contribution < -0.4 is 0 Å². The van der Waals surface area contributed by atoms with Crippen LogP contribution in [0.3, 0.4) is 0 Å². The second-order valence-corrected chi connectivity index (χ2v) is 5.54. The fourth-order valence-corrected chi connectivity index (χ4v) is 1.88. The third-order valence-electron chi connectivity index (χ3n) is 1.78. The first kappa shape index (κ1) is 12.7. The summed E-state index contributed by atoms with van der Waals surface area (Å²) in [6.45, 7) is 9.51. The zero-order valence-electron chi connectivity index (χ0n) is 8.54. The Morgan fingerprint density at radius 1 is 1.46 bits per heavy atom. The summed E-state index contributed by atoms with van der Waals surface area (Å²) in [5.74, 6) is 0.101. The van der Waals surface area contributed by atoms with Gasteiger partial charge in [-0.2, -0.15) is 0 Å².